The molecule has 0 rings (SSSR count). The smallest absolute Gasteiger partial charge is 0.333 e. The minimum absolute atomic E-state index is 0.311. The monoisotopic (exact) mass is 220 g/mol. The molecule has 0 aliphatic heterocycles. The Kier molecular flexibility index (Phi) is 5.33. The highest BCUT2D eigenvalue weighted by atomic mass is 35.6. The molecule has 4 heteroatoms. The molecule has 0 saturated heterocycles. The summed E-state index contributed by atoms with van der Waals surface area (Å²) in [4.78, 5) is 10.9. The van der Waals surface area contributed by atoms with Gasteiger partial charge in [0.1, 0.15) is 0 Å². The second kappa shape index (κ2) is 5.45. The highest BCUT2D eigenvalue weighted by molar-refractivity contribution is 7.19. The predicted octanol–water partition coefficient (Wildman–Crippen LogP) is 2.94. The Labute approximate surface area is 85.6 Å². The van der Waals surface area contributed by atoms with Crippen molar-refractivity contribution in [3.05, 3.63) is 12.2 Å². The van der Waals surface area contributed by atoms with Crippen LogP contribution in [0.1, 0.15) is 13.3 Å². The summed E-state index contributed by atoms with van der Waals surface area (Å²) in [6.45, 7) is 9.74. The fraction of sp³-hybridized carbons (Fsp3) is 0.667. The van der Waals surface area contributed by atoms with Gasteiger partial charge in [0.25, 0.3) is 0 Å². The number of hydrogen-bond acceptors (Lipinski definition) is 2. The van der Waals surface area contributed by atoms with E-state index in [1.54, 1.807) is 6.92 Å². The Morgan fingerprint density at radius 1 is 1.54 bits per heavy atom. The van der Waals surface area contributed by atoms with Crippen molar-refractivity contribution in [2.24, 2.45) is 0 Å². The third-order valence-electron chi connectivity index (χ3n) is 1.50. The van der Waals surface area contributed by atoms with Gasteiger partial charge in [0.05, 0.1) is 6.61 Å². The van der Waals surface area contributed by atoms with Gasteiger partial charge in [0.2, 0.25) is 0 Å². The van der Waals surface area contributed by atoms with E-state index in [2.05, 4.69) is 19.7 Å². The lowest BCUT2D eigenvalue weighted by molar-refractivity contribution is -0.138. The van der Waals surface area contributed by atoms with Gasteiger partial charge in [0.15, 0.2) is 7.38 Å². The molecule has 0 saturated carbocycles. The first-order valence-electron chi connectivity index (χ1n) is 4.34. The van der Waals surface area contributed by atoms with Crippen LogP contribution in [0.4, 0.5) is 0 Å². The van der Waals surface area contributed by atoms with Gasteiger partial charge in [-0.25, -0.2) is 4.79 Å². The predicted molar refractivity (Wildman–Crippen MR) is 58.5 cm³/mol. The van der Waals surface area contributed by atoms with Crippen molar-refractivity contribution in [2.75, 3.05) is 6.61 Å². The summed E-state index contributed by atoms with van der Waals surface area (Å²) in [5.41, 5.74) is 0.447. The zero-order valence-electron chi connectivity index (χ0n) is 8.52. The number of halogens is 1. The van der Waals surface area contributed by atoms with Crippen LogP contribution in [0, 0.1) is 0 Å². The van der Waals surface area contributed by atoms with Gasteiger partial charge in [0, 0.05) is 5.57 Å². The van der Waals surface area contributed by atoms with Crippen LogP contribution in [-0.2, 0) is 9.53 Å². The molecule has 0 atom stereocenters. The molecular formula is C9H17ClO2Si. The maximum atomic E-state index is 10.9. The third-order valence-corrected chi connectivity index (χ3v) is 3.61. The van der Waals surface area contributed by atoms with Crippen LogP contribution < -0.4 is 0 Å². The van der Waals surface area contributed by atoms with E-state index < -0.39 is 7.38 Å². The van der Waals surface area contributed by atoms with E-state index in [4.69, 9.17) is 15.8 Å². The molecule has 0 aromatic carbocycles. The first-order valence-corrected chi connectivity index (χ1v) is 8.56. The Balaban J connectivity index is 3.47. The van der Waals surface area contributed by atoms with Crippen molar-refractivity contribution in [3.8, 4) is 0 Å². The lowest BCUT2D eigenvalue weighted by atomic mass is 10.4. The largest absolute Gasteiger partial charge is 0.462 e. The first-order chi connectivity index (χ1) is 5.83. The van der Waals surface area contributed by atoms with Gasteiger partial charge in [-0.2, -0.15) is 11.1 Å². The summed E-state index contributed by atoms with van der Waals surface area (Å²) in [6.07, 6.45) is 0.849. The van der Waals surface area contributed by atoms with Crippen molar-refractivity contribution in [3.63, 3.8) is 0 Å². The van der Waals surface area contributed by atoms with E-state index >= 15 is 0 Å². The van der Waals surface area contributed by atoms with Crippen LogP contribution in [0.3, 0.4) is 0 Å². The van der Waals surface area contributed by atoms with Crippen LogP contribution in [0.2, 0.25) is 19.1 Å². The zero-order chi connectivity index (χ0) is 10.5. The molecule has 0 aromatic heterocycles. The SMILES string of the molecule is C=C(C)C(=O)OCCC[Si](C)(C)Cl. The van der Waals surface area contributed by atoms with Crippen LogP contribution in [0.25, 0.3) is 0 Å². The maximum absolute atomic E-state index is 10.9. The number of hydrogen-bond donors (Lipinski definition) is 0. The Morgan fingerprint density at radius 3 is 2.46 bits per heavy atom. The summed E-state index contributed by atoms with van der Waals surface area (Å²) >= 11 is 6.09. The van der Waals surface area contributed by atoms with E-state index in [0.29, 0.717) is 12.2 Å². The second-order valence-electron chi connectivity index (χ2n) is 3.74. The second-order valence-corrected chi connectivity index (χ2v) is 10.7. The third kappa shape index (κ3) is 8.06. The van der Waals surface area contributed by atoms with Gasteiger partial charge < -0.3 is 4.74 Å². The van der Waals surface area contributed by atoms with Gasteiger partial charge >= 0.3 is 5.97 Å². The molecule has 13 heavy (non-hydrogen) atoms. The fourth-order valence-corrected chi connectivity index (χ4v) is 2.17. The van der Waals surface area contributed by atoms with E-state index in [-0.39, 0.29) is 5.97 Å². The van der Waals surface area contributed by atoms with Crippen molar-refractivity contribution < 1.29 is 9.53 Å². The van der Waals surface area contributed by atoms with Gasteiger partial charge in [-0.1, -0.05) is 19.7 Å². The average molecular weight is 221 g/mol. The number of carbonyl (C=O) groups excluding carboxylic acids is 1. The summed E-state index contributed by atoms with van der Waals surface area (Å²) in [5.74, 6) is -0.311. The molecule has 0 aliphatic carbocycles. The molecule has 0 N–H and O–H groups in total. The topological polar surface area (TPSA) is 26.3 Å². The Hall–Kier alpha value is -0.283. The maximum Gasteiger partial charge on any atom is 0.333 e. The molecule has 0 radical (unpaired) electrons. The summed E-state index contributed by atoms with van der Waals surface area (Å²) in [5, 5.41) is 0. The number of carbonyl (C=O) groups is 1. The lowest BCUT2D eigenvalue weighted by Crippen LogP contribution is -2.17. The molecule has 0 unspecified atom stereocenters. The Bertz CT molecular complexity index is 196. The van der Waals surface area contributed by atoms with Crippen molar-refractivity contribution >= 4 is 24.4 Å². The molecule has 0 amide bonds. The molecule has 0 aliphatic rings. The van der Waals surface area contributed by atoms with E-state index in [1.807, 2.05) is 0 Å². The van der Waals surface area contributed by atoms with E-state index in [9.17, 15) is 4.79 Å². The minimum atomic E-state index is -1.50. The van der Waals surface area contributed by atoms with Crippen LogP contribution >= 0.6 is 11.1 Å². The zero-order valence-corrected chi connectivity index (χ0v) is 10.3. The number of rotatable bonds is 5. The molecule has 2 nitrogen and oxygen atoms in total. The summed E-state index contributed by atoms with van der Waals surface area (Å²) < 4.78 is 4.92. The van der Waals surface area contributed by atoms with Crippen molar-refractivity contribution in [2.45, 2.75) is 32.5 Å². The molecule has 0 fully saturated rings. The van der Waals surface area contributed by atoms with Gasteiger partial charge in [-0.05, 0) is 19.4 Å². The Morgan fingerprint density at radius 2 is 2.08 bits per heavy atom. The fourth-order valence-electron chi connectivity index (χ4n) is 0.781. The molecule has 0 bridgehead atoms. The van der Waals surface area contributed by atoms with Crippen LogP contribution in [0.15, 0.2) is 12.2 Å². The first kappa shape index (κ1) is 12.7. The quantitative estimate of drug-likeness (QED) is 0.234. The average Bonchev–Trinajstić information content (AvgIpc) is 1.95. The minimum Gasteiger partial charge on any atom is -0.462 e. The molecule has 0 heterocycles. The lowest BCUT2D eigenvalue weighted by Gasteiger charge is -2.12. The highest BCUT2D eigenvalue weighted by Crippen LogP contribution is 2.16. The van der Waals surface area contributed by atoms with Gasteiger partial charge in [-0.15, -0.1) is 0 Å². The molecule has 76 valence electrons. The van der Waals surface area contributed by atoms with Crippen molar-refractivity contribution in [1.82, 2.24) is 0 Å². The van der Waals surface area contributed by atoms with Crippen LogP contribution in [0.5, 0.6) is 0 Å². The highest BCUT2D eigenvalue weighted by Gasteiger charge is 2.16. The van der Waals surface area contributed by atoms with Crippen molar-refractivity contribution in [1.29, 1.82) is 0 Å². The molecule has 0 spiro atoms. The summed E-state index contributed by atoms with van der Waals surface area (Å²) in [6, 6.07) is 0.970. The standard InChI is InChI=1S/C9H17ClO2Si/c1-8(2)9(11)12-6-5-7-13(3,4)10/h1,5-7H2,2-4H3. The van der Waals surface area contributed by atoms with Crippen LogP contribution in [-0.4, -0.2) is 20.0 Å². The summed E-state index contributed by atoms with van der Waals surface area (Å²) in [7, 11) is -1.50. The number of esters is 1. The normalized spacial score (nSPS) is 11.1. The van der Waals surface area contributed by atoms with E-state index in [1.165, 1.54) is 0 Å². The van der Waals surface area contributed by atoms with Gasteiger partial charge in [-0.3, -0.25) is 0 Å². The van der Waals surface area contributed by atoms with E-state index in [0.717, 1.165) is 12.5 Å². The number of ether oxygens (including phenoxy) is 1. The molecular weight excluding hydrogens is 204 g/mol. The molecule has 0 aromatic rings.